The first-order chi connectivity index (χ1) is 12.0. The number of aromatic amines is 1. The van der Waals surface area contributed by atoms with E-state index in [4.69, 9.17) is 0 Å². The van der Waals surface area contributed by atoms with Gasteiger partial charge in [-0.1, -0.05) is 20.8 Å². The van der Waals surface area contributed by atoms with Crippen LogP contribution in [0, 0.1) is 5.92 Å². The number of aromatic nitrogens is 3. The van der Waals surface area contributed by atoms with E-state index in [0.717, 1.165) is 31.2 Å². The molecule has 136 valence electrons. The van der Waals surface area contributed by atoms with Crippen molar-refractivity contribution in [3.63, 3.8) is 0 Å². The minimum absolute atomic E-state index is 0.108. The zero-order valence-corrected chi connectivity index (χ0v) is 16.4. The Morgan fingerprint density at radius 1 is 1.20 bits per heavy atom. The van der Waals surface area contributed by atoms with E-state index >= 15 is 0 Å². The van der Waals surface area contributed by atoms with Crippen molar-refractivity contribution >= 4 is 11.3 Å². The summed E-state index contributed by atoms with van der Waals surface area (Å²) in [6.45, 7) is 12.2. The molecular formula is C19H29N5S. The Labute approximate surface area is 154 Å². The maximum Gasteiger partial charge on any atom is 0.0795 e. The second kappa shape index (κ2) is 6.82. The van der Waals surface area contributed by atoms with Gasteiger partial charge >= 0.3 is 0 Å². The SMILES string of the molecule is CC(C)(C)c1cc(CN2C[C@@H]3CC[C@H]2CN(Cc2cscn2)C3)[nH]n1. The monoisotopic (exact) mass is 359 g/mol. The summed E-state index contributed by atoms with van der Waals surface area (Å²) in [5.74, 6) is 0.780. The molecule has 2 aromatic heterocycles. The highest BCUT2D eigenvalue weighted by Crippen LogP contribution is 2.30. The topological polar surface area (TPSA) is 48.0 Å². The van der Waals surface area contributed by atoms with Gasteiger partial charge < -0.3 is 0 Å². The fourth-order valence-electron chi connectivity index (χ4n) is 4.19. The van der Waals surface area contributed by atoms with Gasteiger partial charge in [0.25, 0.3) is 0 Å². The summed E-state index contributed by atoms with van der Waals surface area (Å²) in [4.78, 5) is 9.77. The number of nitrogens with zero attached hydrogens (tertiary/aromatic N) is 4. The summed E-state index contributed by atoms with van der Waals surface area (Å²) in [5.41, 5.74) is 5.69. The fraction of sp³-hybridized carbons (Fsp3) is 0.684. The minimum Gasteiger partial charge on any atom is -0.296 e. The minimum atomic E-state index is 0.108. The number of piperidine rings is 1. The van der Waals surface area contributed by atoms with Crippen molar-refractivity contribution in [3.8, 4) is 0 Å². The average molecular weight is 360 g/mol. The number of rotatable bonds is 4. The van der Waals surface area contributed by atoms with E-state index in [1.54, 1.807) is 11.3 Å². The zero-order valence-electron chi connectivity index (χ0n) is 15.5. The molecule has 25 heavy (non-hydrogen) atoms. The van der Waals surface area contributed by atoms with Crippen LogP contribution in [0.3, 0.4) is 0 Å². The summed E-state index contributed by atoms with van der Waals surface area (Å²) < 4.78 is 0. The van der Waals surface area contributed by atoms with Crippen LogP contribution in [0.2, 0.25) is 0 Å². The summed E-state index contributed by atoms with van der Waals surface area (Å²) in [6.07, 6.45) is 2.68. The van der Waals surface area contributed by atoms with Crippen molar-refractivity contribution in [3.05, 3.63) is 34.0 Å². The first kappa shape index (κ1) is 17.2. The molecule has 0 radical (unpaired) electrons. The fourth-order valence-corrected chi connectivity index (χ4v) is 4.74. The van der Waals surface area contributed by atoms with E-state index in [0.29, 0.717) is 6.04 Å². The third-order valence-electron chi connectivity index (χ3n) is 5.54. The molecule has 5 heterocycles. The molecule has 2 aromatic rings. The van der Waals surface area contributed by atoms with E-state index in [1.165, 1.54) is 37.3 Å². The second-order valence-corrected chi connectivity index (χ2v) is 9.45. The lowest BCUT2D eigenvalue weighted by Gasteiger charge is -2.35. The van der Waals surface area contributed by atoms with E-state index < -0.39 is 0 Å². The number of fused-ring (bicyclic) bond motifs is 4. The van der Waals surface area contributed by atoms with E-state index in [1.807, 2.05) is 5.51 Å². The van der Waals surface area contributed by atoms with Gasteiger partial charge in [0.15, 0.2) is 0 Å². The summed E-state index contributed by atoms with van der Waals surface area (Å²) in [6, 6.07) is 2.91. The Hall–Kier alpha value is -1.24. The Kier molecular flexibility index (Phi) is 4.69. The molecule has 3 fully saturated rings. The molecule has 3 aliphatic heterocycles. The van der Waals surface area contributed by atoms with Gasteiger partial charge in [-0.05, 0) is 24.8 Å². The van der Waals surface area contributed by atoms with Crippen molar-refractivity contribution < 1.29 is 0 Å². The lowest BCUT2D eigenvalue weighted by atomic mass is 9.92. The molecule has 3 aliphatic rings. The number of thiazole rings is 1. The Bertz CT molecular complexity index is 687. The summed E-state index contributed by atoms with van der Waals surface area (Å²) >= 11 is 1.70. The Balaban J connectivity index is 1.43. The largest absolute Gasteiger partial charge is 0.296 e. The molecule has 1 N–H and O–H groups in total. The van der Waals surface area contributed by atoms with Gasteiger partial charge in [0.2, 0.25) is 0 Å². The standard InChI is InChI=1S/C19H29N5S/c1-19(2,3)18-6-15(21-22-18)10-24-8-14-4-5-17(24)11-23(7-14)9-16-12-25-13-20-16/h6,12-14,17H,4-5,7-11H2,1-3H3,(H,21,22)/t14-,17+/m1/s1. The molecule has 0 saturated carbocycles. The van der Waals surface area contributed by atoms with Gasteiger partial charge in [0, 0.05) is 55.3 Å². The Morgan fingerprint density at radius 2 is 2.08 bits per heavy atom. The molecule has 5 rings (SSSR count). The lowest BCUT2D eigenvalue weighted by Crippen LogP contribution is -2.43. The van der Waals surface area contributed by atoms with Crippen LogP contribution in [-0.2, 0) is 18.5 Å². The highest BCUT2D eigenvalue weighted by molar-refractivity contribution is 7.07. The molecule has 0 unspecified atom stereocenters. The maximum absolute atomic E-state index is 4.53. The molecule has 5 nitrogen and oxygen atoms in total. The van der Waals surface area contributed by atoms with E-state index in [-0.39, 0.29) is 5.41 Å². The average Bonchev–Trinajstić information content (AvgIpc) is 3.14. The molecule has 6 heteroatoms. The predicted octanol–water partition coefficient (Wildman–Crippen LogP) is 3.26. The van der Waals surface area contributed by atoms with Crippen LogP contribution >= 0.6 is 11.3 Å². The molecule has 0 aromatic carbocycles. The molecule has 3 saturated heterocycles. The Morgan fingerprint density at radius 3 is 2.80 bits per heavy atom. The maximum atomic E-state index is 4.53. The van der Waals surface area contributed by atoms with Crippen molar-refractivity contribution in [2.45, 2.75) is 58.2 Å². The highest BCUT2D eigenvalue weighted by Gasteiger charge is 2.35. The third-order valence-corrected chi connectivity index (χ3v) is 6.18. The van der Waals surface area contributed by atoms with Gasteiger partial charge in [-0.25, -0.2) is 4.98 Å². The van der Waals surface area contributed by atoms with Crippen LogP contribution in [0.25, 0.3) is 0 Å². The third kappa shape index (κ3) is 3.96. The van der Waals surface area contributed by atoms with E-state index in [9.17, 15) is 0 Å². The summed E-state index contributed by atoms with van der Waals surface area (Å²) in [5, 5.41) is 9.99. The van der Waals surface area contributed by atoms with Gasteiger partial charge in [0.1, 0.15) is 0 Å². The second-order valence-electron chi connectivity index (χ2n) is 8.73. The van der Waals surface area contributed by atoms with Gasteiger partial charge in [0.05, 0.1) is 16.9 Å². The lowest BCUT2D eigenvalue weighted by molar-refractivity contribution is 0.121. The van der Waals surface area contributed by atoms with Crippen LogP contribution in [0.5, 0.6) is 0 Å². The van der Waals surface area contributed by atoms with Crippen LogP contribution in [0.1, 0.15) is 50.7 Å². The quantitative estimate of drug-likeness (QED) is 0.910. The molecule has 0 aliphatic carbocycles. The van der Waals surface area contributed by atoms with Gasteiger partial charge in [-0.2, -0.15) is 5.10 Å². The highest BCUT2D eigenvalue weighted by atomic mass is 32.1. The molecule has 2 atom stereocenters. The molecular weight excluding hydrogens is 330 g/mol. The van der Waals surface area contributed by atoms with E-state index in [2.05, 4.69) is 57.2 Å². The van der Waals surface area contributed by atoms with Crippen molar-refractivity contribution in [2.75, 3.05) is 19.6 Å². The van der Waals surface area contributed by atoms with Gasteiger partial charge in [-0.15, -0.1) is 11.3 Å². The van der Waals surface area contributed by atoms with Crippen molar-refractivity contribution in [1.82, 2.24) is 25.0 Å². The molecule has 2 bridgehead atoms. The smallest absolute Gasteiger partial charge is 0.0795 e. The number of hydrogen-bond acceptors (Lipinski definition) is 5. The number of nitrogens with one attached hydrogen (secondary N) is 1. The predicted molar refractivity (Wildman–Crippen MR) is 102 cm³/mol. The molecule has 0 spiro atoms. The molecule has 0 amide bonds. The zero-order chi connectivity index (χ0) is 17.4. The number of hydrogen-bond donors (Lipinski definition) is 1. The summed E-state index contributed by atoms with van der Waals surface area (Å²) in [7, 11) is 0. The van der Waals surface area contributed by atoms with Crippen molar-refractivity contribution in [1.29, 1.82) is 0 Å². The first-order valence-corrected chi connectivity index (χ1v) is 10.3. The van der Waals surface area contributed by atoms with Crippen LogP contribution < -0.4 is 0 Å². The normalized spacial score (nSPS) is 25.4. The van der Waals surface area contributed by atoms with Crippen LogP contribution in [0.15, 0.2) is 17.0 Å². The van der Waals surface area contributed by atoms with Gasteiger partial charge in [-0.3, -0.25) is 14.9 Å². The first-order valence-electron chi connectivity index (χ1n) is 9.35. The van der Waals surface area contributed by atoms with Crippen LogP contribution in [0.4, 0.5) is 0 Å². The van der Waals surface area contributed by atoms with Crippen LogP contribution in [-0.4, -0.2) is 50.7 Å². The van der Waals surface area contributed by atoms with Crippen molar-refractivity contribution in [2.24, 2.45) is 5.92 Å². The number of H-pyrrole nitrogens is 1.